The van der Waals surface area contributed by atoms with E-state index >= 15 is 0 Å². The van der Waals surface area contributed by atoms with Crippen LogP contribution >= 0.6 is 0 Å². The number of aliphatic carboxylic acids is 1. The normalized spacial score (nSPS) is 13.2. The third-order valence-electron chi connectivity index (χ3n) is 4.65. The maximum Gasteiger partial charge on any atom is 0.323 e. The average Bonchev–Trinajstić information content (AvgIpc) is 2.72. The minimum atomic E-state index is -4.09. The van der Waals surface area contributed by atoms with Gasteiger partial charge in [-0.3, -0.25) is 24.0 Å². The number of carboxylic acid groups (broad SMARTS) is 1. The molecule has 3 N–H and O–H groups in total. The number of sulfonamides is 1. The fraction of sp³-hybridized carbons (Fsp3) is 0.250. The number of anilines is 3. The second kappa shape index (κ2) is 8.64. The molecule has 0 unspecified atom stereocenters. The lowest BCUT2D eigenvalue weighted by molar-refractivity contribution is -0.137. The Morgan fingerprint density at radius 2 is 1.90 bits per heavy atom. The van der Waals surface area contributed by atoms with E-state index in [2.05, 4.69) is 10.0 Å². The lowest BCUT2D eigenvalue weighted by atomic mass is 10.1. The molecule has 0 spiro atoms. The molecule has 0 saturated heterocycles. The van der Waals surface area contributed by atoms with E-state index in [1.165, 1.54) is 18.2 Å². The molecular formula is C20H21N3O7S. The summed E-state index contributed by atoms with van der Waals surface area (Å²) in [4.78, 5) is 35.7. The van der Waals surface area contributed by atoms with Crippen molar-refractivity contribution in [1.29, 1.82) is 0 Å². The third kappa shape index (κ3) is 4.77. The highest BCUT2D eigenvalue weighted by Gasteiger charge is 2.29. The number of nitrogens with zero attached hydrogens (tertiary/aromatic N) is 1. The number of nitrogens with one attached hydrogen (secondary N) is 2. The van der Waals surface area contributed by atoms with Crippen LogP contribution in [0.5, 0.6) is 5.75 Å². The zero-order valence-corrected chi connectivity index (χ0v) is 17.7. The van der Waals surface area contributed by atoms with Crippen molar-refractivity contribution in [2.45, 2.75) is 25.2 Å². The molecular weight excluding hydrogens is 426 g/mol. The summed E-state index contributed by atoms with van der Waals surface area (Å²) in [7, 11) is -4.09. The van der Waals surface area contributed by atoms with Crippen LogP contribution in [0.25, 0.3) is 0 Å². The minimum absolute atomic E-state index is 0.0576. The number of benzene rings is 2. The predicted molar refractivity (Wildman–Crippen MR) is 113 cm³/mol. The highest BCUT2D eigenvalue weighted by molar-refractivity contribution is 7.92. The van der Waals surface area contributed by atoms with Gasteiger partial charge in [-0.25, -0.2) is 8.42 Å². The lowest BCUT2D eigenvalue weighted by Crippen LogP contribution is -2.42. The number of hydrogen-bond acceptors (Lipinski definition) is 6. The second-order valence-electron chi connectivity index (χ2n) is 6.78. The van der Waals surface area contributed by atoms with Crippen molar-refractivity contribution >= 4 is 44.9 Å². The summed E-state index contributed by atoms with van der Waals surface area (Å²) in [5.41, 5.74) is 1.32. The van der Waals surface area contributed by atoms with Crippen LogP contribution in [0.4, 0.5) is 17.1 Å². The minimum Gasteiger partial charge on any atom is -0.482 e. The van der Waals surface area contributed by atoms with Crippen molar-refractivity contribution in [2.24, 2.45) is 0 Å². The molecule has 2 amide bonds. The first kappa shape index (κ1) is 22.1. The Balaban J connectivity index is 1.94. The van der Waals surface area contributed by atoms with Crippen molar-refractivity contribution in [3.63, 3.8) is 0 Å². The van der Waals surface area contributed by atoms with Crippen LogP contribution < -0.4 is 19.7 Å². The summed E-state index contributed by atoms with van der Waals surface area (Å²) in [6.45, 7) is 2.41. The SMILES string of the molecule is CCC(=O)Nc1cccc(NS(=O)(=O)c2ccc3c(c2)N(CC(=O)O)C(=O)CO3)c1C. The Kier molecular flexibility index (Phi) is 6.16. The number of hydrogen-bond donors (Lipinski definition) is 3. The van der Waals surface area contributed by atoms with Gasteiger partial charge in [0.25, 0.3) is 15.9 Å². The van der Waals surface area contributed by atoms with Gasteiger partial charge in [0.1, 0.15) is 12.3 Å². The lowest BCUT2D eigenvalue weighted by Gasteiger charge is -2.28. The third-order valence-corrected chi connectivity index (χ3v) is 6.01. The Morgan fingerprint density at radius 3 is 2.58 bits per heavy atom. The molecule has 11 heteroatoms. The highest BCUT2D eigenvalue weighted by Crippen LogP contribution is 2.35. The van der Waals surface area contributed by atoms with E-state index in [4.69, 9.17) is 9.84 Å². The molecule has 1 heterocycles. The van der Waals surface area contributed by atoms with E-state index in [0.717, 1.165) is 4.90 Å². The molecule has 1 aliphatic heterocycles. The van der Waals surface area contributed by atoms with Gasteiger partial charge in [-0.05, 0) is 42.8 Å². The van der Waals surface area contributed by atoms with Gasteiger partial charge in [0.05, 0.1) is 16.3 Å². The van der Waals surface area contributed by atoms with Crippen molar-refractivity contribution in [1.82, 2.24) is 0 Å². The van der Waals surface area contributed by atoms with E-state index in [9.17, 15) is 22.8 Å². The van der Waals surface area contributed by atoms with Gasteiger partial charge in [0.15, 0.2) is 6.61 Å². The van der Waals surface area contributed by atoms with Crippen molar-refractivity contribution < 1.29 is 32.6 Å². The maximum atomic E-state index is 13.0. The van der Waals surface area contributed by atoms with Gasteiger partial charge < -0.3 is 15.2 Å². The number of ether oxygens (including phenoxy) is 1. The van der Waals surface area contributed by atoms with Gasteiger partial charge in [-0.15, -0.1) is 0 Å². The van der Waals surface area contributed by atoms with Crippen LogP contribution in [0.15, 0.2) is 41.3 Å². The molecule has 3 rings (SSSR count). The predicted octanol–water partition coefficient (Wildman–Crippen LogP) is 1.95. The molecule has 1 aliphatic rings. The largest absolute Gasteiger partial charge is 0.482 e. The highest BCUT2D eigenvalue weighted by atomic mass is 32.2. The van der Waals surface area contributed by atoms with Crippen LogP contribution in [0.3, 0.4) is 0 Å². The molecule has 0 aromatic heterocycles. The second-order valence-corrected chi connectivity index (χ2v) is 8.46. The van der Waals surface area contributed by atoms with Crippen LogP contribution in [0.2, 0.25) is 0 Å². The number of amides is 2. The summed E-state index contributed by atoms with van der Waals surface area (Å²) in [6.07, 6.45) is 0.276. The average molecular weight is 447 g/mol. The number of carboxylic acids is 1. The fourth-order valence-corrected chi connectivity index (χ4v) is 4.12. The fourth-order valence-electron chi connectivity index (χ4n) is 2.98. The van der Waals surface area contributed by atoms with E-state index in [0.29, 0.717) is 11.3 Å². The Labute approximate surface area is 178 Å². The van der Waals surface area contributed by atoms with Gasteiger partial charge in [0.2, 0.25) is 5.91 Å². The summed E-state index contributed by atoms with van der Waals surface area (Å²) in [6, 6.07) is 8.67. The zero-order valence-electron chi connectivity index (χ0n) is 16.8. The Bertz CT molecular complexity index is 1160. The monoisotopic (exact) mass is 447 g/mol. The molecule has 164 valence electrons. The smallest absolute Gasteiger partial charge is 0.323 e. The van der Waals surface area contributed by atoms with Gasteiger partial charge >= 0.3 is 5.97 Å². The van der Waals surface area contributed by atoms with Crippen LogP contribution in [-0.4, -0.2) is 44.5 Å². The summed E-state index contributed by atoms with van der Waals surface area (Å²) < 4.78 is 33.7. The van der Waals surface area contributed by atoms with E-state index < -0.39 is 28.4 Å². The maximum absolute atomic E-state index is 13.0. The molecule has 0 atom stereocenters. The standard InChI is InChI=1S/C20H21N3O7S/c1-3-18(24)21-14-5-4-6-15(12(14)2)22-31(28,29)13-7-8-17-16(9-13)23(10-20(26)27)19(25)11-30-17/h4-9,22H,3,10-11H2,1-2H3,(H,21,24)(H,26,27). The van der Waals surface area contributed by atoms with Crippen LogP contribution in [0.1, 0.15) is 18.9 Å². The molecule has 31 heavy (non-hydrogen) atoms. The zero-order chi connectivity index (χ0) is 22.8. The number of carbonyl (C=O) groups excluding carboxylic acids is 2. The van der Waals surface area contributed by atoms with Gasteiger partial charge in [-0.1, -0.05) is 13.0 Å². The van der Waals surface area contributed by atoms with Crippen LogP contribution in [-0.2, 0) is 24.4 Å². The molecule has 2 aromatic rings. The molecule has 0 radical (unpaired) electrons. The number of rotatable bonds is 7. The quantitative estimate of drug-likeness (QED) is 0.589. The molecule has 0 aliphatic carbocycles. The van der Waals surface area contributed by atoms with Gasteiger partial charge in [-0.2, -0.15) is 0 Å². The summed E-state index contributed by atoms with van der Waals surface area (Å²) in [5, 5.41) is 11.8. The topological polar surface area (TPSA) is 142 Å². The Morgan fingerprint density at radius 1 is 1.19 bits per heavy atom. The van der Waals surface area contributed by atoms with Gasteiger partial charge in [0, 0.05) is 12.1 Å². The van der Waals surface area contributed by atoms with Crippen LogP contribution in [0, 0.1) is 6.92 Å². The molecule has 0 bridgehead atoms. The molecule has 10 nitrogen and oxygen atoms in total. The first-order chi connectivity index (χ1) is 14.6. The first-order valence-electron chi connectivity index (χ1n) is 9.33. The van der Waals surface area contributed by atoms with Crippen molar-refractivity contribution in [3.8, 4) is 5.75 Å². The van der Waals surface area contributed by atoms with E-state index in [1.807, 2.05) is 0 Å². The van der Waals surface area contributed by atoms with E-state index in [1.54, 1.807) is 32.0 Å². The van der Waals surface area contributed by atoms with Crippen molar-refractivity contribution in [2.75, 3.05) is 28.1 Å². The van der Waals surface area contributed by atoms with Crippen molar-refractivity contribution in [3.05, 3.63) is 42.0 Å². The number of fused-ring (bicyclic) bond motifs is 1. The molecule has 0 saturated carbocycles. The molecule has 2 aromatic carbocycles. The first-order valence-corrected chi connectivity index (χ1v) is 10.8. The summed E-state index contributed by atoms with van der Waals surface area (Å²) >= 11 is 0. The Hall–Kier alpha value is -3.60. The van der Waals surface area contributed by atoms with E-state index in [-0.39, 0.29) is 41.0 Å². The molecule has 0 fully saturated rings. The number of carbonyl (C=O) groups is 3. The summed E-state index contributed by atoms with van der Waals surface area (Å²) in [5.74, 6) is -1.83.